The molecule has 2 aromatic rings. The number of carbonyl (C=O) groups excluding carboxylic acids is 2. The molecular weight excluding hydrogens is 326 g/mol. The van der Waals surface area contributed by atoms with E-state index in [0.29, 0.717) is 10.7 Å². The number of carboxylic acids is 1. The van der Waals surface area contributed by atoms with Crippen LogP contribution in [-0.4, -0.2) is 11.9 Å². The molecule has 24 heavy (non-hydrogen) atoms. The van der Waals surface area contributed by atoms with Crippen LogP contribution >= 0.6 is 11.6 Å². The summed E-state index contributed by atoms with van der Waals surface area (Å²) in [6.07, 6.45) is -0.346. The molecule has 0 aromatic heterocycles. The lowest BCUT2D eigenvalue weighted by Gasteiger charge is -2.24. The fourth-order valence-electron chi connectivity index (χ4n) is 2.63. The highest BCUT2D eigenvalue weighted by Crippen LogP contribution is 2.29. The molecule has 0 unspecified atom stereocenters. The Balaban J connectivity index is 2.25. The number of hydrogen-bond acceptors (Lipinski definition) is 3. The van der Waals surface area contributed by atoms with Crippen molar-refractivity contribution < 1.29 is 14.7 Å². The van der Waals surface area contributed by atoms with Gasteiger partial charge in [-0.1, -0.05) is 54.9 Å². The van der Waals surface area contributed by atoms with Gasteiger partial charge in [-0.25, -0.2) is 0 Å². The highest BCUT2D eigenvalue weighted by atomic mass is 35.5. The van der Waals surface area contributed by atoms with Crippen LogP contribution < -0.4 is 10.4 Å². The maximum atomic E-state index is 12.7. The van der Waals surface area contributed by atoms with Crippen molar-refractivity contribution >= 4 is 29.2 Å². The van der Waals surface area contributed by atoms with E-state index in [1.165, 1.54) is 0 Å². The Hall–Kier alpha value is -2.33. The molecule has 0 aliphatic heterocycles. The van der Waals surface area contributed by atoms with Gasteiger partial charge in [0.05, 0.1) is 5.92 Å². The summed E-state index contributed by atoms with van der Waals surface area (Å²) in [6, 6.07) is 14.6. The molecule has 0 heterocycles. The maximum absolute atomic E-state index is 12.7. The van der Waals surface area contributed by atoms with Crippen molar-refractivity contribution in [1.82, 2.24) is 0 Å². The Morgan fingerprint density at radius 1 is 1.12 bits per heavy atom. The third-order valence-electron chi connectivity index (χ3n) is 4.18. The van der Waals surface area contributed by atoms with E-state index in [9.17, 15) is 14.7 Å². The van der Waals surface area contributed by atoms with Crippen LogP contribution in [-0.2, 0) is 9.59 Å². The summed E-state index contributed by atoms with van der Waals surface area (Å²) in [7, 11) is 0. The Bertz CT molecular complexity index is 731. The van der Waals surface area contributed by atoms with Crippen LogP contribution in [0, 0.1) is 12.8 Å². The first-order valence-electron chi connectivity index (χ1n) is 7.71. The molecule has 0 saturated heterocycles. The van der Waals surface area contributed by atoms with Crippen LogP contribution in [0.4, 0.5) is 5.69 Å². The van der Waals surface area contributed by atoms with Gasteiger partial charge in [-0.05, 0) is 42.5 Å². The van der Waals surface area contributed by atoms with Crippen LogP contribution in [0.15, 0.2) is 48.5 Å². The lowest BCUT2D eigenvalue weighted by atomic mass is 9.84. The number of hydrogen-bond donors (Lipinski definition) is 1. The molecule has 5 heteroatoms. The molecule has 1 amide bonds. The zero-order valence-corrected chi connectivity index (χ0v) is 14.3. The molecule has 0 bridgehead atoms. The van der Waals surface area contributed by atoms with Gasteiger partial charge in [-0.15, -0.1) is 0 Å². The molecule has 1 N–H and O–H groups in total. The molecule has 0 spiro atoms. The van der Waals surface area contributed by atoms with E-state index in [4.69, 9.17) is 11.6 Å². The van der Waals surface area contributed by atoms with Crippen molar-refractivity contribution in [3.05, 3.63) is 64.7 Å². The Morgan fingerprint density at radius 3 is 2.42 bits per heavy atom. The molecular formula is C19H19ClNO3-. The normalized spacial score (nSPS) is 13.1. The number of aliphatic carboxylic acids is 1. The van der Waals surface area contributed by atoms with E-state index in [2.05, 4.69) is 5.32 Å². The van der Waals surface area contributed by atoms with Crippen LogP contribution in [0.1, 0.15) is 30.4 Å². The molecule has 4 nitrogen and oxygen atoms in total. The summed E-state index contributed by atoms with van der Waals surface area (Å²) >= 11 is 6.06. The minimum Gasteiger partial charge on any atom is -0.550 e. The summed E-state index contributed by atoms with van der Waals surface area (Å²) < 4.78 is 0. The maximum Gasteiger partial charge on any atom is 0.228 e. The van der Waals surface area contributed by atoms with E-state index in [0.717, 1.165) is 11.1 Å². The third kappa shape index (κ3) is 4.36. The quantitative estimate of drug-likeness (QED) is 0.875. The number of amides is 1. The predicted molar refractivity (Wildman–Crippen MR) is 92.8 cm³/mol. The predicted octanol–water partition coefficient (Wildman–Crippen LogP) is 3.15. The Morgan fingerprint density at radius 2 is 1.79 bits per heavy atom. The standard InChI is InChI=1S/C19H20ClNO3/c1-12(14-7-4-3-5-8-14)15(11-18(22)23)19(24)21-17-10-6-9-16(20)13(17)2/h3-10,12,15H,11H2,1-2H3,(H,21,24)(H,22,23)/p-1/t12-,15+/m1/s1. The third-order valence-corrected chi connectivity index (χ3v) is 4.59. The van der Waals surface area contributed by atoms with Crippen molar-refractivity contribution in [2.45, 2.75) is 26.2 Å². The zero-order chi connectivity index (χ0) is 17.7. The van der Waals surface area contributed by atoms with E-state index >= 15 is 0 Å². The first-order valence-corrected chi connectivity index (χ1v) is 8.08. The van der Waals surface area contributed by atoms with Crippen molar-refractivity contribution in [3.63, 3.8) is 0 Å². The summed E-state index contributed by atoms with van der Waals surface area (Å²) in [4.78, 5) is 23.8. The second kappa shape index (κ2) is 7.97. The number of benzene rings is 2. The molecule has 126 valence electrons. The Labute approximate surface area is 146 Å². The molecule has 2 atom stereocenters. The van der Waals surface area contributed by atoms with Gasteiger partial charge in [0.15, 0.2) is 0 Å². The second-order valence-corrected chi connectivity index (χ2v) is 6.19. The van der Waals surface area contributed by atoms with Gasteiger partial charge in [-0.3, -0.25) is 4.79 Å². The van der Waals surface area contributed by atoms with Crippen molar-refractivity contribution in [2.24, 2.45) is 5.92 Å². The SMILES string of the molecule is Cc1c(Cl)cccc1NC(=O)[C@@H](CC(=O)[O-])[C@H](C)c1ccccc1. The molecule has 0 fully saturated rings. The highest BCUT2D eigenvalue weighted by molar-refractivity contribution is 6.31. The van der Waals surface area contributed by atoms with Crippen molar-refractivity contribution in [3.8, 4) is 0 Å². The summed E-state index contributed by atoms with van der Waals surface area (Å²) in [5.74, 6) is -2.61. The molecule has 0 radical (unpaired) electrons. The number of nitrogens with one attached hydrogen (secondary N) is 1. The number of carbonyl (C=O) groups is 2. The lowest BCUT2D eigenvalue weighted by Crippen LogP contribution is -2.34. The minimum atomic E-state index is -1.25. The molecule has 2 aromatic carbocycles. The topological polar surface area (TPSA) is 69.2 Å². The van der Waals surface area contributed by atoms with Crippen LogP contribution in [0.2, 0.25) is 5.02 Å². The van der Waals surface area contributed by atoms with E-state index < -0.39 is 11.9 Å². The fourth-order valence-corrected chi connectivity index (χ4v) is 2.81. The van der Waals surface area contributed by atoms with Gasteiger partial charge in [-0.2, -0.15) is 0 Å². The molecule has 0 saturated carbocycles. The number of halogens is 1. The summed E-state index contributed by atoms with van der Waals surface area (Å²) in [6.45, 7) is 3.64. The van der Waals surface area contributed by atoms with E-state index in [1.807, 2.05) is 37.3 Å². The summed E-state index contributed by atoms with van der Waals surface area (Å²) in [5.41, 5.74) is 2.23. The van der Waals surface area contributed by atoms with E-state index in [1.54, 1.807) is 25.1 Å². The summed E-state index contributed by atoms with van der Waals surface area (Å²) in [5, 5.41) is 14.4. The largest absolute Gasteiger partial charge is 0.550 e. The highest BCUT2D eigenvalue weighted by Gasteiger charge is 2.27. The zero-order valence-electron chi connectivity index (χ0n) is 13.6. The van der Waals surface area contributed by atoms with Crippen LogP contribution in [0.3, 0.4) is 0 Å². The van der Waals surface area contributed by atoms with Gasteiger partial charge < -0.3 is 15.2 Å². The monoisotopic (exact) mass is 344 g/mol. The smallest absolute Gasteiger partial charge is 0.228 e. The average Bonchev–Trinajstić information content (AvgIpc) is 2.56. The van der Waals surface area contributed by atoms with Gasteiger partial charge in [0.25, 0.3) is 0 Å². The lowest BCUT2D eigenvalue weighted by molar-refractivity contribution is -0.306. The van der Waals surface area contributed by atoms with Gasteiger partial charge in [0, 0.05) is 16.7 Å². The second-order valence-electron chi connectivity index (χ2n) is 5.78. The van der Waals surface area contributed by atoms with Crippen LogP contribution in [0.25, 0.3) is 0 Å². The van der Waals surface area contributed by atoms with Crippen molar-refractivity contribution in [1.29, 1.82) is 0 Å². The van der Waals surface area contributed by atoms with Gasteiger partial charge >= 0.3 is 0 Å². The number of anilines is 1. The fraction of sp³-hybridized carbons (Fsp3) is 0.263. The molecule has 2 rings (SSSR count). The molecule has 0 aliphatic carbocycles. The first-order chi connectivity index (χ1) is 11.4. The van der Waals surface area contributed by atoms with Crippen LogP contribution in [0.5, 0.6) is 0 Å². The van der Waals surface area contributed by atoms with E-state index in [-0.39, 0.29) is 18.2 Å². The van der Waals surface area contributed by atoms with Gasteiger partial charge in [0.1, 0.15) is 0 Å². The van der Waals surface area contributed by atoms with Gasteiger partial charge in [0.2, 0.25) is 5.91 Å². The Kier molecular flexibility index (Phi) is 5.99. The van der Waals surface area contributed by atoms with Crippen molar-refractivity contribution in [2.75, 3.05) is 5.32 Å². The first kappa shape index (κ1) is 18.0. The number of rotatable bonds is 6. The minimum absolute atomic E-state index is 0.261. The average molecular weight is 345 g/mol. The number of carboxylic acid groups (broad SMARTS) is 1. The molecule has 0 aliphatic rings.